The van der Waals surface area contributed by atoms with Gasteiger partial charge in [0.05, 0.1) is 5.69 Å². The molecule has 112 valence electrons. The quantitative estimate of drug-likeness (QED) is 0.707. The Bertz CT molecular complexity index is 451. The van der Waals surface area contributed by atoms with Gasteiger partial charge in [-0.05, 0) is 33.6 Å². The van der Waals surface area contributed by atoms with Gasteiger partial charge < -0.3 is 20.3 Å². The number of aromatic nitrogens is 1. The molecule has 7 heteroatoms. The molecule has 0 saturated heterocycles. The van der Waals surface area contributed by atoms with Crippen molar-refractivity contribution in [2.24, 2.45) is 0 Å². The summed E-state index contributed by atoms with van der Waals surface area (Å²) in [6, 6.07) is -0.355. The van der Waals surface area contributed by atoms with E-state index < -0.39 is 5.97 Å². The normalized spacial score (nSPS) is 11.9. The molecule has 0 aromatic carbocycles. The molecule has 0 radical (unpaired) electrons. The van der Waals surface area contributed by atoms with Gasteiger partial charge >= 0.3 is 12.0 Å². The highest BCUT2D eigenvalue weighted by Gasteiger charge is 2.11. The molecule has 1 atom stereocenters. The summed E-state index contributed by atoms with van der Waals surface area (Å²) in [6.07, 6.45) is 1.29. The third kappa shape index (κ3) is 5.29. The van der Waals surface area contributed by atoms with Crippen LogP contribution in [-0.2, 0) is 11.3 Å². The van der Waals surface area contributed by atoms with Gasteiger partial charge in [0.25, 0.3) is 0 Å². The van der Waals surface area contributed by atoms with Crippen LogP contribution in [0.1, 0.15) is 43.2 Å². The average molecular weight is 283 g/mol. The summed E-state index contributed by atoms with van der Waals surface area (Å²) >= 11 is 0. The van der Waals surface area contributed by atoms with E-state index >= 15 is 0 Å². The van der Waals surface area contributed by atoms with Crippen LogP contribution in [0.25, 0.3) is 0 Å². The highest BCUT2D eigenvalue weighted by atomic mass is 16.5. The fourth-order valence-corrected chi connectivity index (χ4v) is 1.83. The van der Waals surface area contributed by atoms with Crippen LogP contribution in [-0.4, -0.2) is 28.3 Å². The molecule has 20 heavy (non-hydrogen) atoms. The average Bonchev–Trinajstić information content (AvgIpc) is 2.66. The minimum Gasteiger partial charge on any atom is -0.481 e. The lowest BCUT2D eigenvalue weighted by Gasteiger charge is -2.14. The van der Waals surface area contributed by atoms with E-state index in [4.69, 9.17) is 9.63 Å². The second-order valence-corrected chi connectivity index (χ2v) is 4.82. The van der Waals surface area contributed by atoms with E-state index in [0.29, 0.717) is 25.1 Å². The van der Waals surface area contributed by atoms with Crippen molar-refractivity contribution in [3.05, 3.63) is 17.0 Å². The molecule has 2 amide bonds. The van der Waals surface area contributed by atoms with Crippen LogP contribution < -0.4 is 10.6 Å². The fraction of sp³-hybridized carbons (Fsp3) is 0.615. The zero-order valence-electron chi connectivity index (χ0n) is 12.0. The van der Waals surface area contributed by atoms with Crippen molar-refractivity contribution in [2.45, 2.75) is 52.6 Å². The first kappa shape index (κ1) is 16.0. The van der Waals surface area contributed by atoms with Crippen LogP contribution in [0.5, 0.6) is 0 Å². The van der Waals surface area contributed by atoms with E-state index in [-0.39, 0.29) is 18.5 Å². The Hall–Kier alpha value is -2.05. The molecule has 7 nitrogen and oxygen atoms in total. The van der Waals surface area contributed by atoms with Gasteiger partial charge in [0.15, 0.2) is 0 Å². The second kappa shape index (κ2) is 7.52. The van der Waals surface area contributed by atoms with Crippen molar-refractivity contribution >= 4 is 12.0 Å². The first-order valence-corrected chi connectivity index (χ1v) is 6.58. The molecule has 1 aromatic heterocycles. The summed E-state index contributed by atoms with van der Waals surface area (Å²) in [6.45, 7) is 5.82. The number of carboxylic acid groups (broad SMARTS) is 1. The number of aliphatic carboxylic acids is 1. The third-order valence-electron chi connectivity index (χ3n) is 3.01. The van der Waals surface area contributed by atoms with Crippen LogP contribution in [0.3, 0.4) is 0 Å². The predicted molar refractivity (Wildman–Crippen MR) is 72.3 cm³/mol. The number of nitrogens with zero attached hydrogens (tertiary/aromatic N) is 1. The molecule has 3 N–H and O–H groups in total. The lowest BCUT2D eigenvalue weighted by Crippen LogP contribution is -2.40. The first-order valence-electron chi connectivity index (χ1n) is 6.58. The van der Waals surface area contributed by atoms with E-state index in [1.807, 2.05) is 13.8 Å². The van der Waals surface area contributed by atoms with Crippen molar-refractivity contribution in [1.29, 1.82) is 0 Å². The van der Waals surface area contributed by atoms with Gasteiger partial charge in [-0.15, -0.1) is 0 Å². The number of urea groups is 1. The summed E-state index contributed by atoms with van der Waals surface area (Å²) in [5.41, 5.74) is 1.64. The summed E-state index contributed by atoms with van der Waals surface area (Å²) in [4.78, 5) is 22.1. The Kier molecular flexibility index (Phi) is 6.02. The Labute approximate surface area is 117 Å². The van der Waals surface area contributed by atoms with Gasteiger partial charge in [-0.2, -0.15) is 0 Å². The first-order chi connectivity index (χ1) is 9.40. The predicted octanol–water partition coefficient (Wildman–Crippen LogP) is 1.73. The SMILES string of the molecule is Cc1noc(C)c1CNC(=O)NC(C)CCCC(=O)O. The van der Waals surface area contributed by atoms with Gasteiger partial charge in [0, 0.05) is 24.6 Å². The molecular formula is C13H21N3O4. The maximum absolute atomic E-state index is 11.7. The molecule has 0 aliphatic heterocycles. The maximum atomic E-state index is 11.7. The number of carbonyl (C=O) groups excluding carboxylic acids is 1. The standard InChI is InChI=1S/C13H21N3O4/c1-8(5-4-6-12(17)18)15-13(19)14-7-11-9(2)16-20-10(11)3/h8H,4-7H2,1-3H3,(H,17,18)(H2,14,15,19). The van der Waals surface area contributed by atoms with E-state index in [1.165, 1.54) is 0 Å². The minimum absolute atomic E-state index is 0.0704. The van der Waals surface area contributed by atoms with E-state index in [2.05, 4.69) is 15.8 Å². The Morgan fingerprint density at radius 2 is 2.10 bits per heavy atom. The van der Waals surface area contributed by atoms with Crippen molar-refractivity contribution in [3.63, 3.8) is 0 Å². The topological polar surface area (TPSA) is 104 Å². The number of aryl methyl sites for hydroxylation is 2. The molecular weight excluding hydrogens is 262 g/mol. The van der Waals surface area contributed by atoms with Crippen molar-refractivity contribution in [1.82, 2.24) is 15.8 Å². The number of carbonyl (C=O) groups is 2. The Morgan fingerprint density at radius 1 is 1.40 bits per heavy atom. The van der Waals surface area contributed by atoms with Crippen molar-refractivity contribution in [2.75, 3.05) is 0 Å². The highest BCUT2D eigenvalue weighted by molar-refractivity contribution is 5.74. The van der Waals surface area contributed by atoms with Gasteiger partial charge in [-0.3, -0.25) is 4.79 Å². The van der Waals surface area contributed by atoms with E-state index in [0.717, 1.165) is 11.3 Å². The maximum Gasteiger partial charge on any atom is 0.315 e. The van der Waals surface area contributed by atoms with E-state index in [1.54, 1.807) is 6.92 Å². The number of carboxylic acids is 1. The molecule has 1 aromatic rings. The third-order valence-corrected chi connectivity index (χ3v) is 3.01. The number of nitrogens with one attached hydrogen (secondary N) is 2. The monoisotopic (exact) mass is 283 g/mol. The summed E-state index contributed by atoms with van der Waals surface area (Å²) in [7, 11) is 0. The second-order valence-electron chi connectivity index (χ2n) is 4.82. The molecule has 0 fully saturated rings. The number of hydrogen-bond acceptors (Lipinski definition) is 4. The zero-order chi connectivity index (χ0) is 15.1. The largest absolute Gasteiger partial charge is 0.481 e. The van der Waals surface area contributed by atoms with Gasteiger partial charge in [0.1, 0.15) is 5.76 Å². The lowest BCUT2D eigenvalue weighted by atomic mass is 10.1. The van der Waals surface area contributed by atoms with Crippen LogP contribution in [0, 0.1) is 13.8 Å². The molecule has 0 bridgehead atoms. The van der Waals surface area contributed by atoms with Crippen LogP contribution >= 0.6 is 0 Å². The molecule has 1 heterocycles. The summed E-state index contributed by atoms with van der Waals surface area (Å²) in [5, 5.41) is 17.8. The molecule has 0 spiro atoms. The molecule has 1 rings (SSSR count). The zero-order valence-corrected chi connectivity index (χ0v) is 12.0. The fourth-order valence-electron chi connectivity index (χ4n) is 1.83. The highest BCUT2D eigenvalue weighted by Crippen LogP contribution is 2.11. The Morgan fingerprint density at radius 3 is 2.65 bits per heavy atom. The minimum atomic E-state index is -0.819. The summed E-state index contributed by atoms with van der Waals surface area (Å²) in [5.74, 6) is -0.127. The van der Waals surface area contributed by atoms with Crippen molar-refractivity contribution < 1.29 is 19.2 Å². The molecule has 0 aliphatic carbocycles. The molecule has 0 aliphatic rings. The number of amides is 2. The Balaban J connectivity index is 2.28. The number of hydrogen-bond donors (Lipinski definition) is 3. The van der Waals surface area contributed by atoms with Gasteiger partial charge in [0.2, 0.25) is 0 Å². The van der Waals surface area contributed by atoms with Crippen LogP contribution in [0.4, 0.5) is 4.79 Å². The van der Waals surface area contributed by atoms with Crippen molar-refractivity contribution in [3.8, 4) is 0 Å². The van der Waals surface area contributed by atoms with Gasteiger partial charge in [-0.25, -0.2) is 4.79 Å². The lowest BCUT2D eigenvalue weighted by molar-refractivity contribution is -0.137. The van der Waals surface area contributed by atoms with E-state index in [9.17, 15) is 9.59 Å². The van der Waals surface area contributed by atoms with Gasteiger partial charge in [-0.1, -0.05) is 5.16 Å². The molecule has 0 saturated carbocycles. The summed E-state index contributed by atoms with van der Waals surface area (Å²) < 4.78 is 5.01. The van der Waals surface area contributed by atoms with Crippen LogP contribution in [0.2, 0.25) is 0 Å². The smallest absolute Gasteiger partial charge is 0.315 e. The molecule has 1 unspecified atom stereocenters. The number of rotatable bonds is 7. The van der Waals surface area contributed by atoms with Crippen LogP contribution in [0.15, 0.2) is 4.52 Å².